The van der Waals surface area contributed by atoms with Crippen LogP contribution >= 0.6 is 22.9 Å². The molecular formula is C19H24ClN5OS. The van der Waals surface area contributed by atoms with Crippen LogP contribution in [-0.2, 0) is 6.54 Å². The molecule has 0 aliphatic carbocycles. The van der Waals surface area contributed by atoms with Crippen LogP contribution in [0.3, 0.4) is 0 Å². The Morgan fingerprint density at radius 1 is 1.30 bits per heavy atom. The minimum atomic E-state index is -0.655. The van der Waals surface area contributed by atoms with Crippen LogP contribution in [0.1, 0.15) is 23.7 Å². The van der Waals surface area contributed by atoms with Crippen LogP contribution in [0.2, 0.25) is 4.34 Å². The lowest BCUT2D eigenvalue weighted by Crippen LogP contribution is -2.39. The summed E-state index contributed by atoms with van der Waals surface area (Å²) in [6.07, 6.45) is -0.655. The van der Waals surface area contributed by atoms with E-state index in [9.17, 15) is 5.11 Å². The molecule has 1 atom stereocenters. The number of aromatic nitrogens is 2. The van der Waals surface area contributed by atoms with E-state index in [1.165, 1.54) is 11.3 Å². The van der Waals surface area contributed by atoms with Crippen molar-refractivity contribution in [2.24, 2.45) is 4.99 Å². The van der Waals surface area contributed by atoms with E-state index in [1.54, 1.807) is 6.07 Å². The first-order valence-corrected chi connectivity index (χ1v) is 10.1. The van der Waals surface area contributed by atoms with E-state index in [2.05, 4.69) is 31.2 Å². The Balaban J connectivity index is 1.60. The van der Waals surface area contributed by atoms with E-state index in [4.69, 9.17) is 11.6 Å². The van der Waals surface area contributed by atoms with Gasteiger partial charge in [-0.15, -0.1) is 11.3 Å². The number of aliphatic imine (C=N–C) groups is 1. The lowest BCUT2D eigenvalue weighted by atomic mass is 10.3. The van der Waals surface area contributed by atoms with Crippen molar-refractivity contribution >= 4 is 39.9 Å². The van der Waals surface area contributed by atoms with Crippen LogP contribution in [0, 0.1) is 6.92 Å². The highest BCUT2D eigenvalue weighted by Crippen LogP contribution is 2.26. The molecule has 0 amide bonds. The standard InChI is InChI=1S/C19H24ClN5OS/c1-3-21-19(23-12-16(26)17-8-9-18(20)27-17)22-10-11-25-13(2)24-14-6-4-5-7-15(14)25/h4-9,16,26H,3,10-12H2,1-2H3,(H2,21,22,23). The summed E-state index contributed by atoms with van der Waals surface area (Å²) in [6.45, 7) is 6.54. The summed E-state index contributed by atoms with van der Waals surface area (Å²) in [6, 6.07) is 11.7. The van der Waals surface area contributed by atoms with Gasteiger partial charge in [0.1, 0.15) is 11.9 Å². The van der Waals surface area contributed by atoms with Crippen molar-refractivity contribution in [1.82, 2.24) is 20.2 Å². The molecule has 3 rings (SSSR count). The lowest BCUT2D eigenvalue weighted by Gasteiger charge is -2.14. The van der Waals surface area contributed by atoms with Gasteiger partial charge >= 0.3 is 0 Å². The molecule has 0 fully saturated rings. The number of halogens is 1. The molecule has 27 heavy (non-hydrogen) atoms. The number of aliphatic hydroxyl groups excluding tert-OH is 1. The minimum Gasteiger partial charge on any atom is -0.386 e. The largest absolute Gasteiger partial charge is 0.386 e. The highest BCUT2D eigenvalue weighted by molar-refractivity contribution is 7.16. The van der Waals surface area contributed by atoms with Gasteiger partial charge in [-0.3, -0.25) is 4.99 Å². The number of nitrogens with one attached hydrogen (secondary N) is 2. The van der Waals surface area contributed by atoms with E-state index >= 15 is 0 Å². The second-order valence-electron chi connectivity index (χ2n) is 6.10. The van der Waals surface area contributed by atoms with Gasteiger partial charge in [0.15, 0.2) is 5.96 Å². The fourth-order valence-electron chi connectivity index (χ4n) is 2.88. The highest BCUT2D eigenvalue weighted by Gasteiger charge is 2.10. The number of nitrogens with zero attached hydrogens (tertiary/aromatic N) is 3. The van der Waals surface area contributed by atoms with Crippen LogP contribution in [0.5, 0.6) is 0 Å². The quantitative estimate of drug-likeness (QED) is 0.416. The Morgan fingerprint density at radius 3 is 2.85 bits per heavy atom. The number of fused-ring (bicyclic) bond motifs is 1. The van der Waals surface area contributed by atoms with Crippen LogP contribution in [0.15, 0.2) is 41.4 Å². The van der Waals surface area contributed by atoms with Crippen molar-refractivity contribution in [2.45, 2.75) is 26.5 Å². The zero-order chi connectivity index (χ0) is 19.2. The molecule has 2 heterocycles. The van der Waals surface area contributed by atoms with Crippen LogP contribution in [0.4, 0.5) is 0 Å². The van der Waals surface area contributed by atoms with E-state index < -0.39 is 6.10 Å². The number of para-hydroxylation sites is 2. The number of hydrogen-bond donors (Lipinski definition) is 3. The van der Waals surface area contributed by atoms with Crippen LogP contribution in [0.25, 0.3) is 11.0 Å². The average molecular weight is 406 g/mol. The molecule has 2 aromatic heterocycles. The first kappa shape index (κ1) is 19.7. The minimum absolute atomic E-state index is 0.277. The molecule has 1 unspecified atom stereocenters. The fraction of sp³-hybridized carbons (Fsp3) is 0.368. The molecule has 0 saturated carbocycles. The molecule has 3 aromatic rings. The summed E-state index contributed by atoms with van der Waals surface area (Å²) < 4.78 is 2.86. The van der Waals surface area contributed by atoms with E-state index in [1.807, 2.05) is 38.1 Å². The number of rotatable bonds is 7. The topological polar surface area (TPSA) is 74.5 Å². The SMILES string of the molecule is CCNC(=NCC(O)c1ccc(Cl)s1)NCCn1c(C)nc2ccccc21. The molecule has 1 aromatic carbocycles. The summed E-state index contributed by atoms with van der Waals surface area (Å²) in [5, 5.41) is 16.8. The normalized spacial score (nSPS) is 13.1. The Labute approximate surface area is 167 Å². The number of benzene rings is 1. The predicted molar refractivity (Wildman–Crippen MR) is 113 cm³/mol. The maximum absolute atomic E-state index is 10.3. The number of thiophene rings is 1. The molecule has 144 valence electrons. The first-order valence-electron chi connectivity index (χ1n) is 8.96. The molecule has 0 aliphatic rings. The van der Waals surface area contributed by atoms with Crippen molar-refractivity contribution in [3.05, 3.63) is 51.4 Å². The number of guanidine groups is 1. The number of aliphatic hydroxyl groups is 1. The third-order valence-electron chi connectivity index (χ3n) is 4.16. The van der Waals surface area contributed by atoms with E-state index in [0.717, 1.165) is 34.8 Å². The van der Waals surface area contributed by atoms with Gasteiger partial charge in [-0.1, -0.05) is 23.7 Å². The third kappa shape index (κ3) is 5.00. The molecule has 0 aliphatic heterocycles. The smallest absolute Gasteiger partial charge is 0.191 e. The number of imidazole rings is 1. The monoisotopic (exact) mass is 405 g/mol. The van der Waals surface area contributed by atoms with Crippen molar-refractivity contribution < 1.29 is 5.11 Å². The first-order chi connectivity index (χ1) is 13.1. The van der Waals surface area contributed by atoms with Gasteiger partial charge in [-0.2, -0.15) is 0 Å². The van der Waals surface area contributed by atoms with Gasteiger partial charge in [-0.05, 0) is 38.1 Å². The Kier molecular flexibility index (Phi) is 6.71. The van der Waals surface area contributed by atoms with Crippen molar-refractivity contribution in [1.29, 1.82) is 0 Å². The third-order valence-corrected chi connectivity index (χ3v) is 5.49. The summed E-state index contributed by atoms with van der Waals surface area (Å²) >= 11 is 7.30. The van der Waals surface area contributed by atoms with Crippen molar-refractivity contribution in [3.63, 3.8) is 0 Å². The summed E-state index contributed by atoms with van der Waals surface area (Å²) in [7, 11) is 0. The van der Waals surface area contributed by atoms with Gasteiger partial charge < -0.3 is 20.3 Å². The summed E-state index contributed by atoms with van der Waals surface area (Å²) in [4.78, 5) is 9.89. The molecule has 6 nitrogen and oxygen atoms in total. The van der Waals surface area contributed by atoms with E-state index in [-0.39, 0.29) is 6.54 Å². The van der Waals surface area contributed by atoms with Crippen molar-refractivity contribution in [3.8, 4) is 0 Å². The van der Waals surface area contributed by atoms with Crippen molar-refractivity contribution in [2.75, 3.05) is 19.6 Å². The molecule has 0 spiro atoms. The second kappa shape index (κ2) is 9.21. The van der Waals surface area contributed by atoms with Gasteiger partial charge in [0.25, 0.3) is 0 Å². The summed E-state index contributed by atoms with van der Waals surface area (Å²) in [5.74, 6) is 1.67. The van der Waals surface area contributed by atoms with Gasteiger partial charge in [-0.25, -0.2) is 4.98 Å². The number of hydrogen-bond acceptors (Lipinski definition) is 4. The second-order valence-corrected chi connectivity index (χ2v) is 7.85. The maximum atomic E-state index is 10.3. The van der Waals surface area contributed by atoms with Gasteiger partial charge in [0, 0.05) is 24.5 Å². The molecular weight excluding hydrogens is 382 g/mol. The molecule has 3 N–H and O–H groups in total. The molecule has 0 bridgehead atoms. The fourth-order valence-corrected chi connectivity index (χ4v) is 3.92. The number of aryl methyl sites for hydroxylation is 1. The van der Waals surface area contributed by atoms with Crippen LogP contribution < -0.4 is 10.6 Å². The molecule has 0 saturated heterocycles. The highest BCUT2D eigenvalue weighted by atomic mass is 35.5. The summed E-state index contributed by atoms with van der Waals surface area (Å²) in [5.41, 5.74) is 2.14. The molecule has 0 radical (unpaired) electrons. The van der Waals surface area contributed by atoms with Gasteiger partial charge in [0.05, 0.1) is 21.9 Å². The Morgan fingerprint density at radius 2 is 2.11 bits per heavy atom. The molecule has 8 heteroatoms. The lowest BCUT2D eigenvalue weighted by molar-refractivity contribution is 0.191. The zero-order valence-electron chi connectivity index (χ0n) is 15.4. The maximum Gasteiger partial charge on any atom is 0.191 e. The Bertz CT molecular complexity index is 920. The zero-order valence-corrected chi connectivity index (χ0v) is 17.0. The predicted octanol–water partition coefficient (Wildman–Crippen LogP) is 3.35. The Hall–Kier alpha value is -2.09. The average Bonchev–Trinajstić information content (AvgIpc) is 3.23. The van der Waals surface area contributed by atoms with E-state index in [0.29, 0.717) is 16.8 Å². The van der Waals surface area contributed by atoms with Gasteiger partial charge in [0.2, 0.25) is 0 Å². The van der Waals surface area contributed by atoms with Crippen LogP contribution in [-0.4, -0.2) is 40.3 Å².